The summed E-state index contributed by atoms with van der Waals surface area (Å²) in [7, 11) is 0. The van der Waals surface area contributed by atoms with E-state index in [1.807, 2.05) is 0 Å². The van der Waals surface area contributed by atoms with Crippen molar-refractivity contribution in [3.8, 4) is 0 Å². The third kappa shape index (κ3) is 3.59. The molecule has 2 nitrogen and oxygen atoms in total. The lowest BCUT2D eigenvalue weighted by Gasteiger charge is -2.33. The van der Waals surface area contributed by atoms with Crippen molar-refractivity contribution in [3.63, 3.8) is 0 Å². The predicted molar refractivity (Wildman–Crippen MR) is 84.7 cm³/mol. The Hall–Kier alpha value is -0.380. The van der Waals surface area contributed by atoms with Gasteiger partial charge in [0.05, 0.1) is 0 Å². The molecule has 106 valence electrons. The number of hydrogen-bond acceptors (Lipinski definition) is 2. The molecule has 1 atom stereocenters. The summed E-state index contributed by atoms with van der Waals surface area (Å²) < 4.78 is 1.17. The number of benzene rings is 1. The van der Waals surface area contributed by atoms with E-state index in [1.54, 1.807) is 0 Å². The van der Waals surface area contributed by atoms with Crippen LogP contribution in [0, 0.1) is 18.8 Å². The first kappa shape index (κ1) is 15.0. The van der Waals surface area contributed by atoms with Gasteiger partial charge >= 0.3 is 0 Å². The SMILES string of the molecule is CCC1CCC(C(NN)c2ccc(Br)c(C)c2)CC1. The second-order valence-electron chi connectivity index (χ2n) is 5.84. The van der Waals surface area contributed by atoms with Crippen molar-refractivity contribution in [3.05, 3.63) is 33.8 Å². The maximum absolute atomic E-state index is 5.83. The summed E-state index contributed by atoms with van der Waals surface area (Å²) in [6.45, 7) is 4.44. The van der Waals surface area contributed by atoms with Crippen LogP contribution in [0.25, 0.3) is 0 Å². The molecule has 3 heteroatoms. The quantitative estimate of drug-likeness (QED) is 0.633. The average molecular weight is 325 g/mol. The molecule has 0 heterocycles. The molecular weight excluding hydrogens is 300 g/mol. The van der Waals surface area contributed by atoms with Crippen molar-refractivity contribution >= 4 is 15.9 Å². The van der Waals surface area contributed by atoms with E-state index in [0.717, 1.165) is 5.92 Å². The van der Waals surface area contributed by atoms with E-state index in [9.17, 15) is 0 Å². The molecule has 1 unspecified atom stereocenters. The highest BCUT2D eigenvalue weighted by Gasteiger charge is 2.27. The van der Waals surface area contributed by atoms with Gasteiger partial charge in [0.1, 0.15) is 0 Å². The van der Waals surface area contributed by atoms with Crippen molar-refractivity contribution in [2.45, 2.75) is 52.0 Å². The van der Waals surface area contributed by atoms with Gasteiger partial charge in [0.2, 0.25) is 0 Å². The Kier molecular flexibility index (Phi) is 5.43. The molecule has 0 bridgehead atoms. The third-order valence-electron chi connectivity index (χ3n) is 4.66. The highest BCUT2D eigenvalue weighted by Crippen LogP contribution is 2.38. The monoisotopic (exact) mass is 324 g/mol. The van der Waals surface area contributed by atoms with Crippen LogP contribution in [0.2, 0.25) is 0 Å². The Bertz CT molecular complexity index is 411. The first-order valence-corrected chi connectivity index (χ1v) is 8.17. The van der Waals surface area contributed by atoms with Crippen LogP contribution in [0.15, 0.2) is 22.7 Å². The van der Waals surface area contributed by atoms with E-state index < -0.39 is 0 Å². The number of hydrazine groups is 1. The molecule has 1 aromatic rings. The summed E-state index contributed by atoms with van der Waals surface area (Å²) >= 11 is 3.56. The zero-order valence-corrected chi connectivity index (χ0v) is 13.5. The van der Waals surface area contributed by atoms with Gasteiger partial charge in [0.15, 0.2) is 0 Å². The van der Waals surface area contributed by atoms with Gasteiger partial charge in [-0.25, -0.2) is 0 Å². The molecule has 1 fully saturated rings. The molecule has 0 aromatic heterocycles. The zero-order chi connectivity index (χ0) is 13.8. The minimum absolute atomic E-state index is 0.296. The molecule has 0 saturated heterocycles. The molecule has 0 spiro atoms. The molecule has 1 aliphatic rings. The summed E-state index contributed by atoms with van der Waals surface area (Å²) in [5, 5.41) is 0. The lowest BCUT2D eigenvalue weighted by atomic mass is 9.76. The Morgan fingerprint density at radius 1 is 1.32 bits per heavy atom. The molecule has 3 N–H and O–H groups in total. The van der Waals surface area contributed by atoms with Crippen LogP contribution in [0.4, 0.5) is 0 Å². The van der Waals surface area contributed by atoms with E-state index in [4.69, 9.17) is 5.84 Å². The Morgan fingerprint density at radius 2 is 2.00 bits per heavy atom. The second kappa shape index (κ2) is 6.87. The van der Waals surface area contributed by atoms with Gasteiger partial charge in [-0.05, 0) is 48.8 Å². The van der Waals surface area contributed by atoms with Crippen molar-refractivity contribution in [2.24, 2.45) is 17.7 Å². The van der Waals surface area contributed by atoms with E-state index in [1.165, 1.54) is 47.7 Å². The fraction of sp³-hybridized carbons (Fsp3) is 0.625. The fourth-order valence-electron chi connectivity index (χ4n) is 3.30. The number of halogens is 1. The lowest BCUT2D eigenvalue weighted by Crippen LogP contribution is -2.35. The summed E-state index contributed by atoms with van der Waals surface area (Å²) in [5.41, 5.74) is 5.65. The first-order valence-electron chi connectivity index (χ1n) is 7.37. The predicted octanol–water partition coefficient (Wildman–Crippen LogP) is 4.48. The Balaban J connectivity index is 2.09. The van der Waals surface area contributed by atoms with E-state index >= 15 is 0 Å². The second-order valence-corrected chi connectivity index (χ2v) is 6.70. The summed E-state index contributed by atoms with van der Waals surface area (Å²) in [5.74, 6) is 7.44. The third-order valence-corrected chi connectivity index (χ3v) is 5.55. The maximum Gasteiger partial charge on any atom is 0.0488 e. The zero-order valence-electron chi connectivity index (χ0n) is 12.0. The van der Waals surface area contributed by atoms with Gasteiger partial charge < -0.3 is 0 Å². The van der Waals surface area contributed by atoms with Crippen molar-refractivity contribution in [2.75, 3.05) is 0 Å². The normalized spacial score (nSPS) is 25.3. The molecular formula is C16H25BrN2. The summed E-state index contributed by atoms with van der Waals surface area (Å²) in [6.07, 6.45) is 6.62. The van der Waals surface area contributed by atoms with Gasteiger partial charge in [0.25, 0.3) is 0 Å². The van der Waals surface area contributed by atoms with Crippen LogP contribution >= 0.6 is 15.9 Å². The Labute approximate surface area is 125 Å². The van der Waals surface area contributed by atoms with Crippen LogP contribution in [-0.4, -0.2) is 0 Å². The van der Waals surface area contributed by atoms with Gasteiger partial charge in [-0.2, -0.15) is 0 Å². The summed E-state index contributed by atoms with van der Waals surface area (Å²) in [4.78, 5) is 0. The van der Waals surface area contributed by atoms with Crippen molar-refractivity contribution in [1.82, 2.24) is 5.43 Å². The lowest BCUT2D eigenvalue weighted by molar-refractivity contribution is 0.219. The van der Waals surface area contributed by atoms with E-state index in [2.05, 4.69) is 53.4 Å². The van der Waals surface area contributed by atoms with Crippen molar-refractivity contribution in [1.29, 1.82) is 0 Å². The van der Waals surface area contributed by atoms with Crippen LogP contribution in [0.5, 0.6) is 0 Å². The largest absolute Gasteiger partial charge is 0.271 e. The molecule has 0 radical (unpaired) electrons. The van der Waals surface area contributed by atoms with Crippen LogP contribution in [0.1, 0.15) is 56.2 Å². The van der Waals surface area contributed by atoms with Crippen LogP contribution in [0.3, 0.4) is 0 Å². The molecule has 19 heavy (non-hydrogen) atoms. The molecule has 0 aliphatic heterocycles. The smallest absolute Gasteiger partial charge is 0.0488 e. The minimum atomic E-state index is 0.296. The standard InChI is InChI=1S/C16H25BrN2/c1-3-12-4-6-13(7-5-12)16(19-18)14-8-9-15(17)11(2)10-14/h8-10,12-13,16,19H,3-7,18H2,1-2H3. The molecule has 2 rings (SSSR count). The number of rotatable bonds is 4. The molecule has 1 aliphatic carbocycles. The number of nitrogens with one attached hydrogen (secondary N) is 1. The first-order chi connectivity index (χ1) is 9.15. The molecule has 0 amide bonds. The van der Waals surface area contributed by atoms with Crippen molar-refractivity contribution < 1.29 is 0 Å². The van der Waals surface area contributed by atoms with E-state index in [-0.39, 0.29) is 0 Å². The van der Waals surface area contributed by atoms with Gasteiger partial charge in [-0.1, -0.05) is 54.2 Å². The average Bonchev–Trinajstić information content (AvgIpc) is 2.44. The topological polar surface area (TPSA) is 38.0 Å². The fourth-order valence-corrected chi connectivity index (χ4v) is 3.54. The highest BCUT2D eigenvalue weighted by atomic mass is 79.9. The van der Waals surface area contributed by atoms with Gasteiger partial charge in [-0.3, -0.25) is 11.3 Å². The Morgan fingerprint density at radius 3 is 2.53 bits per heavy atom. The number of nitrogens with two attached hydrogens (primary N) is 1. The number of aryl methyl sites for hydroxylation is 1. The number of hydrogen-bond donors (Lipinski definition) is 2. The molecule has 1 saturated carbocycles. The van der Waals surface area contributed by atoms with E-state index in [0.29, 0.717) is 12.0 Å². The van der Waals surface area contributed by atoms with Crippen LogP contribution < -0.4 is 11.3 Å². The van der Waals surface area contributed by atoms with Gasteiger partial charge in [-0.15, -0.1) is 0 Å². The summed E-state index contributed by atoms with van der Waals surface area (Å²) in [6, 6.07) is 6.87. The maximum atomic E-state index is 5.83. The van der Waals surface area contributed by atoms with Gasteiger partial charge in [0, 0.05) is 10.5 Å². The minimum Gasteiger partial charge on any atom is -0.271 e. The highest BCUT2D eigenvalue weighted by molar-refractivity contribution is 9.10. The van der Waals surface area contributed by atoms with Crippen LogP contribution in [-0.2, 0) is 0 Å². The molecule has 1 aromatic carbocycles.